The van der Waals surface area contributed by atoms with Gasteiger partial charge < -0.3 is 14.8 Å². The smallest absolute Gasteiger partial charge is 0.194 e. The summed E-state index contributed by atoms with van der Waals surface area (Å²) < 4.78 is 2.88. The Balaban J connectivity index is 1.64. The Hall–Kier alpha value is -1.90. The van der Waals surface area contributed by atoms with Gasteiger partial charge in [0.05, 0.1) is 17.4 Å². The van der Waals surface area contributed by atoms with Gasteiger partial charge in [-0.2, -0.15) is 0 Å². The van der Waals surface area contributed by atoms with Crippen LogP contribution in [-0.2, 0) is 26.1 Å². The van der Waals surface area contributed by atoms with E-state index in [1.54, 1.807) is 29.0 Å². The summed E-state index contributed by atoms with van der Waals surface area (Å²) in [6, 6.07) is 8.16. The van der Waals surface area contributed by atoms with Crippen LogP contribution in [0.3, 0.4) is 0 Å². The molecule has 3 rings (SSSR count). The Labute approximate surface area is 172 Å². The van der Waals surface area contributed by atoms with Crippen molar-refractivity contribution in [1.29, 1.82) is 0 Å². The molecule has 0 aliphatic rings. The molecule has 0 aliphatic carbocycles. The van der Waals surface area contributed by atoms with Crippen molar-refractivity contribution in [2.75, 3.05) is 13.6 Å². The van der Waals surface area contributed by atoms with Crippen LogP contribution in [0.4, 0.5) is 0 Å². The lowest BCUT2D eigenvalue weighted by Crippen LogP contribution is -2.40. The molecule has 0 aromatic carbocycles. The SMILES string of the molecule is CCc1nncn1CCNC(=NCc1cccs1)N(C)Cc1ccc(Cl)s1. The van der Waals surface area contributed by atoms with Gasteiger partial charge in [-0.3, -0.25) is 0 Å². The van der Waals surface area contributed by atoms with Crippen LogP contribution in [0.25, 0.3) is 0 Å². The lowest BCUT2D eigenvalue weighted by atomic mass is 10.4. The first kappa shape index (κ1) is 19.9. The molecule has 0 unspecified atom stereocenters. The van der Waals surface area contributed by atoms with E-state index in [-0.39, 0.29) is 0 Å². The van der Waals surface area contributed by atoms with E-state index in [9.17, 15) is 0 Å². The highest BCUT2D eigenvalue weighted by atomic mass is 35.5. The van der Waals surface area contributed by atoms with E-state index in [0.717, 1.165) is 42.2 Å². The first-order chi connectivity index (χ1) is 13.2. The van der Waals surface area contributed by atoms with Gasteiger partial charge in [-0.25, -0.2) is 4.99 Å². The van der Waals surface area contributed by atoms with Gasteiger partial charge in [-0.1, -0.05) is 24.6 Å². The van der Waals surface area contributed by atoms with Crippen molar-refractivity contribution >= 4 is 40.2 Å². The van der Waals surface area contributed by atoms with Crippen LogP contribution in [0.15, 0.2) is 41.0 Å². The second-order valence-electron chi connectivity index (χ2n) is 6.00. The lowest BCUT2D eigenvalue weighted by Gasteiger charge is -2.22. The molecule has 0 fully saturated rings. The van der Waals surface area contributed by atoms with Crippen molar-refractivity contribution in [3.8, 4) is 0 Å². The summed E-state index contributed by atoms with van der Waals surface area (Å²) in [5.74, 6) is 1.87. The fourth-order valence-electron chi connectivity index (χ4n) is 2.64. The fraction of sp³-hybridized carbons (Fsp3) is 0.389. The van der Waals surface area contributed by atoms with E-state index in [4.69, 9.17) is 16.6 Å². The van der Waals surface area contributed by atoms with Crippen LogP contribution in [-0.4, -0.2) is 39.2 Å². The summed E-state index contributed by atoms with van der Waals surface area (Å²) in [7, 11) is 2.05. The van der Waals surface area contributed by atoms with Gasteiger partial charge in [-0.15, -0.1) is 32.9 Å². The van der Waals surface area contributed by atoms with E-state index < -0.39 is 0 Å². The molecule has 0 spiro atoms. The number of hydrogen-bond acceptors (Lipinski definition) is 5. The quantitative estimate of drug-likeness (QED) is 0.442. The number of guanidine groups is 1. The van der Waals surface area contributed by atoms with Crippen molar-refractivity contribution in [1.82, 2.24) is 25.0 Å². The first-order valence-electron chi connectivity index (χ1n) is 8.78. The molecule has 144 valence electrons. The number of halogens is 1. The van der Waals surface area contributed by atoms with Crippen molar-refractivity contribution in [3.63, 3.8) is 0 Å². The van der Waals surface area contributed by atoms with E-state index in [0.29, 0.717) is 6.54 Å². The van der Waals surface area contributed by atoms with Crippen LogP contribution < -0.4 is 5.32 Å². The molecule has 0 amide bonds. The van der Waals surface area contributed by atoms with Gasteiger partial charge in [0.2, 0.25) is 0 Å². The molecule has 0 saturated carbocycles. The minimum Gasteiger partial charge on any atom is -0.354 e. The van der Waals surface area contributed by atoms with Crippen molar-refractivity contribution in [3.05, 3.63) is 55.9 Å². The van der Waals surface area contributed by atoms with Gasteiger partial charge in [-0.05, 0) is 23.6 Å². The predicted octanol–water partition coefficient (Wildman–Crippen LogP) is 3.89. The van der Waals surface area contributed by atoms with E-state index >= 15 is 0 Å². The summed E-state index contributed by atoms with van der Waals surface area (Å²) in [5, 5.41) is 13.7. The van der Waals surface area contributed by atoms with Gasteiger partial charge in [0, 0.05) is 36.3 Å². The number of thiophene rings is 2. The second-order valence-corrected chi connectivity index (χ2v) is 8.83. The highest BCUT2D eigenvalue weighted by molar-refractivity contribution is 7.16. The van der Waals surface area contributed by atoms with Crippen LogP contribution >= 0.6 is 34.3 Å². The van der Waals surface area contributed by atoms with E-state index in [1.807, 2.05) is 13.1 Å². The normalized spacial score (nSPS) is 11.7. The number of aliphatic imine (C=N–C) groups is 1. The summed E-state index contributed by atoms with van der Waals surface area (Å²) >= 11 is 9.38. The minimum absolute atomic E-state index is 0.669. The predicted molar refractivity (Wildman–Crippen MR) is 114 cm³/mol. The zero-order valence-electron chi connectivity index (χ0n) is 15.4. The number of hydrogen-bond donors (Lipinski definition) is 1. The topological polar surface area (TPSA) is 58.3 Å². The molecular formula is C18H23ClN6S2. The third kappa shape index (κ3) is 5.79. The minimum atomic E-state index is 0.669. The molecule has 9 heteroatoms. The third-order valence-electron chi connectivity index (χ3n) is 4.00. The standard InChI is InChI=1S/C18H23ClN6S2/c1-3-17-23-22-13-25(17)9-8-20-18(21-11-14-5-4-10-26-14)24(2)12-15-6-7-16(19)27-15/h4-7,10,13H,3,8-9,11-12H2,1-2H3,(H,20,21). The van der Waals surface area contributed by atoms with Crippen molar-refractivity contribution < 1.29 is 0 Å². The molecular weight excluding hydrogens is 400 g/mol. The lowest BCUT2D eigenvalue weighted by molar-refractivity contribution is 0.474. The summed E-state index contributed by atoms with van der Waals surface area (Å²) in [4.78, 5) is 9.38. The average Bonchev–Trinajstić information content (AvgIpc) is 3.40. The summed E-state index contributed by atoms with van der Waals surface area (Å²) in [5.41, 5.74) is 0. The van der Waals surface area contributed by atoms with Gasteiger partial charge >= 0.3 is 0 Å². The Kier molecular flexibility index (Phi) is 7.25. The van der Waals surface area contributed by atoms with Gasteiger partial charge in [0.15, 0.2) is 5.96 Å². The van der Waals surface area contributed by atoms with E-state index in [2.05, 4.69) is 55.5 Å². The molecule has 3 heterocycles. The van der Waals surface area contributed by atoms with E-state index in [1.165, 1.54) is 9.75 Å². The maximum atomic E-state index is 6.06. The first-order valence-corrected chi connectivity index (χ1v) is 10.9. The molecule has 0 atom stereocenters. The maximum absolute atomic E-state index is 6.06. The maximum Gasteiger partial charge on any atom is 0.194 e. The monoisotopic (exact) mass is 422 g/mol. The van der Waals surface area contributed by atoms with Crippen molar-refractivity contribution in [2.45, 2.75) is 33.0 Å². The average molecular weight is 423 g/mol. The highest BCUT2D eigenvalue weighted by Gasteiger charge is 2.10. The number of nitrogens with one attached hydrogen (secondary N) is 1. The van der Waals surface area contributed by atoms with Crippen LogP contribution in [0, 0.1) is 0 Å². The van der Waals surface area contributed by atoms with Crippen molar-refractivity contribution in [2.24, 2.45) is 4.99 Å². The molecule has 27 heavy (non-hydrogen) atoms. The molecule has 0 radical (unpaired) electrons. The summed E-state index contributed by atoms with van der Waals surface area (Å²) in [6.45, 7) is 5.07. The largest absolute Gasteiger partial charge is 0.354 e. The van der Waals surface area contributed by atoms with Crippen LogP contribution in [0.1, 0.15) is 22.5 Å². The Morgan fingerprint density at radius 3 is 2.93 bits per heavy atom. The number of rotatable bonds is 8. The van der Waals surface area contributed by atoms with Gasteiger partial charge in [0.1, 0.15) is 12.2 Å². The molecule has 0 saturated heterocycles. The molecule has 0 aliphatic heterocycles. The Bertz CT molecular complexity index is 855. The zero-order chi connectivity index (χ0) is 19.1. The molecule has 3 aromatic heterocycles. The third-order valence-corrected chi connectivity index (χ3v) is 6.07. The van der Waals surface area contributed by atoms with Gasteiger partial charge in [0.25, 0.3) is 0 Å². The van der Waals surface area contributed by atoms with Crippen LogP contribution in [0.5, 0.6) is 0 Å². The highest BCUT2D eigenvalue weighted by Crippen LogP contribution is 2.22. The fourth-order valence-corrected chi connectivity index (χ4v) is 4.41. The number of aryl methyl sites for hydroxylation is 1. The van der Waals surface area contributed by atoms with Crippen LogP contribution in [0.2, 0.25) is 4.34 Å². The Morgan fingerprint density at radius 2 is 2.22 bits per heavy atom. The zero-order valence-corrected chi connectivity index (χ0v) is 17.8. The summed E-state index contributed by atoms with van der Waals surface area (Å²) in [6.07, 6.45) is 2.65. The number of aromatic nitrogens is 3. The molecule has 3 aromatic rings. The molecule has 1 N–H and O–H groups in total. The second kappa shape index (κ2) is 9.87. The molecule has 0 bridgehead atoms. The molecule has 6 nitrogen and oxygen atoms in total. The Morgan fingerprint density at radius 1 is 1.33 bits per heavy atom. The number of nitrogens with zero attached hydrogens (tertiary/aromatic N) is 5.